The molecule has 2 bridgehead atoms. The Balaban J connectivity index is 1.70. The van der Waals surface area contributed by atoms with Crippen molar-refractivity contribution in [1.82, 2.24) is 10.3 Å². The molecule has 3 N–H and O–H groups in total. The van der Waals surface area contributed by atoms with Crippen LogP contribution >= 0.6 is 11.6 Å². The summed E-state index contributed by atoms with van der Waals surface area (Å²) in [6.07, 6.45) is 6.13. The van der Waals surface area contributed by atoms with E-state index in [1.165, 1.54) is 31.2 Å². The van der Waals surface area contributed by atoms with Crippen molar-refractivity contribution in [2.45, 2.75) is 50.2 Å². The number of nitrogens with zero attached hydrogens (tertiary/aromatic N) is 1. The zero-order chi connectivity index (χ0) is 14.1. The fourth-order valence-electron chi connectivity index (χ4n) is 4.04. The number of fused-ring (bicyclic) bond motifs is 2. The van der Waals surface area contributed by atoms with Crippen LogP contribution in [0.4, 0.5) is 0 Å². The molecule has 20 heavy (non-hydrogen) atoms. The summed E-state index contributed by atoms with van der Waals surface area (Å²) in [6.45, 7) is 0. The number of nitrogens with one attached hydrogen (secondary N) is 1. The molecule has 0 aliphatic carbocycles. The summed E-state index contributed by atoms with van der Waals surface area (Å²) in [7, 11) is 2.28. The Labute approximate surface area is 126 Å². The zero-order valence-corrected chi connectivity index (χ0v) is 12.8. The van der Waals surface area contributed by atoms with Crippen molar-refractivity contribution in [3.05, 3.63) is 34.9 Å². The molecular weight excluding hydrogens is 270 g/mol. The average molecular weight is 294 g/mol. The van der Waals surface area contributed by atoms with Gasteiger partial charge in [0, 0.05) is 23.1 Å². The molecule has 0 spiro atoms. The van der Waals surface area contributed by atoms with Crippen LogP contribution in [0.15, 0.2) is 24.3 Å². The Morgan fingerprint density at radius 1 is 1.30 bits per heavy atom. The van der Waals surface area contributed by atoms with Crippen molar-refractivity contribution in [3.8, 4) is 0 Å². The average Bonchev–Trinajstić information content (AvgIpc) is 2.67. The normalized spacial score (nSPS) is 31.4. The van der Waals surface area contributed by atoms with Gasteiger partial charge in [0.2, 0.25) is 0 Å². The highest BCUT2D eigenvalue weighted by atomic mass is 35.5. The van der Waals surface area contributed by atoms with Crippen molar-refractivity contribution < 1.29 is 0 Å². The second kappa shape index (κ2) is 6.02. The van der Waals surface area contributed by atoms with Crippen LogP contribution in [0.1, 0.15) is 31.2 Å². The van der Waals surface area contributed by atoms with Crippen LogP contribution in [0, 0.1) is 5.92 Å². The van der Waals surface area contributed by atoms with E-state index < -0.39 is 0 Å². The van der Waals surface area contributed by atoms with Gasteiger partial charge in [-0.3, -0.25) is 11.3 Å². The molecule has 2 aliphatic heterocycles. The third-order valence-corrected chi connectivity index (χ3v) is 5.68. The summed E-state index contributed by atoms with van der Waals surface area (Å²) in [4.78, 5) is 2.57. The molecule has 2 saturated heterocycles. The molecule has 0 aromatic heterocycles. The number of piperidine rings is 1. The monoisotopic (exact) mass is 293 g/mol. The van der Waals surface area contributed by atoms with Gasteiger partial charge < -0.3 is 4.90 Å². The molecule has 1 aromatic rings. The van der Waals surface area contributed by atoms with Gasteiger partial charge in [-0.25, -0.2) is 0 Å². The largest absolute Gasteiger partial charge is 0.300 e. The number of nitrogens with two attached hydrogens (primary N) is 1. The van der Waals surface area contributed by atoms with E-state index in [0.717, 1.165) is 23.5 Å². The van der Waals surface area contributed by atoms with Gasteiger partial charge >= 0.3 is 0 Å². The lowest BCUT2D eigenvalue weighted by Gasteiger charge is -2.39. The van der Waals surface area contributed by atoms with Gasteiger partial charge in [0.15, 0.2) is 0 Å². The highest BCUT2D eigenvalue weighted by Crippen LogP contribution is 2.39. The van der Waals surface area contributed by atoms with Crippen molar-refractivity contribution in [2.75, 3.05) is 7.05 Å². The standard InChI is InChI=1S/C16H24ClN3/c1-20-13-6-7-14(20)9-12(8-13)16(19-18)10-11-4-2-3-5-15(11)17/h2-5,12-14,16,19H,6-10,18H2,1H3. The first-order valence-electron chi connectivity index (χ1n) is 7.60. The van der Waals surface area contributed by atoms with Crippen LogP contribution in [-0.4, -0.2) is 30.1 Å². The minimum absolute atomic E-state index is 0.326. The molecule has 2 aliphatic rings. The molecule has 4 heteroatoms. The first kappa shape index (κ1) is 14.3. The molecule has 110 valence electrons. The Bertz CT molecular complexity index is 451. The van der Waals surface area contributed by atoms with Gasteiger partial charge in [-0.15, -0.1) is 0 Å². The van der Waals surface area contributed by atoms with E-state index in [1.54, 1.807) is 0 Å². The summed E-state index contributed by atoms with van der Waals surface area (Å²) in [5.41, 5.74) is 4.25. The second-order valence-electron chi connectivity index (χ2n) is 6.35. The van der Waals surface area contributed by atoms with E-state index in [-0.39, 0.29) is 0 Å². The molecule has 2 fully saturated rings. The van der Waals surface area contributed by atoms with Gasteiger partial charge in [-0.05, 0) is 56.7 Å². The summed E-state index contributed by atoms with van der Waals surface area (Å²) in [6, 6.07) is 9.92. The summed E-state index contributed by atoms with van der Waals surface area (Å²) < 4.78 is 0. The lowest BCUT2D eigenvalue weighted by molar-refractivity contribution is 0.112. The lowest BCUT2D eigenvalue weighted by atomic mass is 9.83. The fourth-order valence-corrected chi connectivity index (χ4v) is 4.26. The molecule has 3 atom stereocenters. The third-order valence-electron chi connectivity index (χ3n) is 5.32. The van der Waals surface area contributed by atoms with E-state index in [0.29, 0.717) is 12.0 Å². The van der Waals surface area contributed by atoms with Gasteiger partial charge in [-0.2, -0.15) is 0 Å². The molecule has 3 rings (SSSR count). The maximum Gasteiger partial charge on any atom is 0.0438 e. The van der Waals surface area contributed by atoms with Crippen molar-refractivity contribution in [1.29, 1.82) is 0 Å². The van der Waals surface area contributed by atoms with Crippen molar-refractivity contribution in [2.24, 2.45) is 11.8 Å². The van der Waals surface area contributed by atoms with Crippen LogP contribution in [0.5, 0.6) is 0 Å². The molecule has 0 radical (unpaired) electrons. The van der Waals surface area contributed by atoms with E-state index in [9.17, 15) is 0 Å². The quantitative estimate of drug-likeness (QED) is 0.662. The van der Waals surface area contributed by atoms with Crippen LogP contribution in [0.2, 0.25) is 5.02 Å². The van der Waals surface area contributed by atoms with Crippen molar-refractivity contribution >= 4 is 11.6 Å². The molecular formula is C16H24ClN3. The van der Waals surface area contributed by atoms with Gasteiger partial charge in [0.1, 0.15) is 0 Å². The topological polar surface area (TPSA) is 41.3 Å². The lowest BCUT2D eigenvalue weighted by Crippen LogP contribution is -2.49. The van der Waals surface area contributed by atoms with Gasteiger partial charge in [0.25, 0.3) is 0 Å². The Hall–Kier alpha value is -0.610. The van der Waals surface area contributed by atoms with Crippen LogP contribution in [0.3, 0.4) is 0 Å². The second-order valence-corrected chi connectivity index (χ2v) is 6.76. The molecule has 3 nitrogen and oxygen atoms in total. The molecule has 3 unspecified atom stereocenters. The van der Waals surface area contributed by atoms with E-state index in [1.807, 2.05) is 18.2 Å². The van der Waals surface area contributed by atoms with Crippen LogP contribution < -0.4 is 11.3 Å². The number of rotatable bonds is 4. The Kier molecular flexibility index (Phi) is 4.32. The van der Waals surface area contributed by atoms with E-state index >= 15 is 0 Å². The molecule has 1 aromatic carbocycles. The Morgan fingerprint density at radius 3 is 2.55 bits per heavy atom. The van der Waals surface area contributed by atoms with Gasteiger partial charge in [0.05, 0.1) is 0 Å². The Morgan fingerprint density at radius 2 is 1.95 bits per heavy atom. The van der Waals surface area contributed by atoms with E-state index in [2.05, 4.69) is 23.4 Å². The van der Waals surface area contributed by atoms with E-state index in [4.69, 9.17) is 17.4 Å². The SMILES string of the molecule is CN1C2CCC1CC(C(Cc1ccccc1Cl)NN)C2. The maximum absolute atomic E-state index is 6.28. The van der Waals surface area contributed by atoms with Crippen LogP contribution in [-0.2, 0) is 6.42 Å². The zero-order valence-electron chi connectivity index (χ0n) is 12.1. The summed E-state index contributed by atoms with van der Waals surface area (Å²) >= 11 is 6.28. The van der Waals surface area contributed by atoms with Gasteiger partial charge in [-0.1, -0.05) is 29.8 Å². The minimum Gasteiger partial charge on any atom is -0.300 e. The molecule has 0 saturated carbocycles. The molecule has 0 amide bonds. The number of hydrogen-bond acceptors (Lipinski definition) is 3. The predicted molar refractivity (Wildman–Crippen MR) is 83.6 cm³/mol. The highest BCUT2D eigenvalue weighted by molar-refractivity contribution is 6.31. The first-order valence-corrected chi connectivity index (χ1v) is 7.98. The number of benzene rings is 1. The first-order chi connectivity index (χ1) is 9.69. The minimum atomic E-state index is 0.326. The smallest absolute Gasteiger partial charge is 0.0438 e. The number of hydrazine groups is 1. The summed E-state index contributed by atoms with van der Waals surface area (Å²) in [5, 5.41) is 0.851. The third kappa shape index (κ3) is 2.73. The summed E-state index contributed by atoms with van der Waals surface area (Å²) in [5.74, 6) is 6.50. The van der Waals surface area contributed by atoms with Crippen molar-refractivity contribution in [3.63, 3.8) is 0 Å². The fraction of sp³-hybridized carbons (Fsp3) is 0.625. The molecule has 2 heterocycles. The highest BCUT2D eigenvalue weighted by Gasteiger charge is 2.40. The number of halogens is 1. The predicted octanol–water partition coefficient (Wildman–Crippen LogP) is 2.59. The number of hydrogen-bond donors (Lipinski definition) is 2. The maximum atomic E-state index is 6.28. The van der Waals surface area contributed by atoms with Crippen LogP contribution in [0.25, 0.3) is 0 Å².